The van der Waals surface area contributed by atoms with Gasteiger partial charge in [0.05, 0.1) is 27.7 Å². The Balaban J connectivity index is 0.00000264. The van der Waals surface area contributed by atoms with Crippen LogP contribution < -0.4 is 16.0 Å². The minimum absolute atomic E-state index is 0. The van der Waals surface area contributed by atoms with E-state index in [4.69, 9.17) is 33.7 Å². The fourth-order valence-electron chi connectivity index (χ4n) is 2.47. The van der Waals surface area contributed by atoms with Gasteiger partial charge in [0.25, 0.3) is 5.56 Å². The summed E-state index contributed by atoms with van der Waals surface area (Å²) in [5.74, 6) is 0.610. The van der Waals surface area contributed by atoms with Crippen LogP contribution in [0, 0.1) is 0 Å². The van der Waals surface area contributed by atoms with E-state index < -0.39 is 0 Å². The molecule has 2 aromatic rings. The standard InChI is InChI=1S/C16H20Cl2N2O2.ClH/c1-4-5-6-22-15-10-7-12(17)13(18)8-11(10)16(21)20(3)14(15)9(2)19;/h7-9H,4-6,19H2,1-3H3;1H. The third kappa shape index (κ3) is 3.94. The molecule has 1 aromatic carbocycles. The van der Waals surface area contributed by atoms with E-state index in [1.807, 2.05) is 6.92 Å². The van der Waals surface area contributed by atoms with Crippen LogP contribution in [0.25, 0.3) is 10.8 Å². The second-order valence-corrected chi connectivity index (χ2v) is 6.20. The molecule has 23 heavy (non-hydrogen) atoms. The van der Waals surface area contributed by atoms with Crippen LogP contribution in [-0.4, -0.2) is 11.2 Å². The van der Waals surface area contributed by atoms with Gasteiger partial charge in [-0.1, -0.05) is 36.5 Å². The van der Waals surface area contributed by atoms with Gasteiger partial charge in [-0.2, -0.15) is 0 Å². The highest BCUT2D eigenvalue weighted by molar-refractivity contribution is 6.42. The first-order valence-corrected chi connectivity index (χ1v) is 8.04. The molecule has 128 valence electrons. The molecule has 4 nitrogen and oxygen atoms in total. The first-order chi connectivity index (χ1) is 10.4. The van der Waals surface area contributed by atoms with Crippen LogP contribution in [-0.2, 0) is 7.05 Å². The molecule has 2 N–H and O–H groups in total. The summed E-state index contributed by atoms with van der Waals surface area (Å²) < 4.78 is 7.47. The zero-order valence-electron chi connectivity index (χ0n) is 13.4. The third-order valence-corrected chi connectivity index (χ3v) is 4.33. The Morgan fingerprint density at radius 3 is 2.35 bits per heavy atom. The predicted octanol–water partition coefficient (Wildman–Crippen LogP) is 4.47. The van der Waals surface area contributed by atoms with Crippen LogP contribution in [0.4, 0.5) is 0 Å². The number of hydrogen-bond acceptors (Lipinski definition) is 3. The molecule has 0 aliphatic rings. The zero-order chi connectivity index (χ0) is 16.4. The quantitative estimate of drug-likeness (QED) is 0.780. The minimum atomic E-state index is -0.340. The molecule has 0 bridgehead atoms. The molecule has 1 unspecified atom stereocenters. The highest BCUT2D eigenvalue weighted by Gasteiger charge is 2.20. The largest absolute Gasteiger partial charge is 0.491 e. The summed E-state index contributed by atoms with van der Waals surface area (Å²) in [4.78, 5) is 12.5. The van der Waals surface area contributed by atoms with Gasteiger partial charge in [-0.15, -0.1) is 12.4 Å². The number of fused-ring (bicyclic) bond motifs is 1. The minimum Gasteiger partial charge on any atom is -0.491 e. The lowest BCUT2D eigenvalue weighted by Gasteiger charge is -2.20. The average molecular weight is 380 g/mol. The number of nitrogens with zero attached hydrogens (tertiary/aromatic N) is 1. The molecule has 0 aliphatic carbocycles. The summed E-state index contributed by atoms with van der Waals surface area (Å²) in [6.07, 6.45) is 1.94. The van der Waals surface area contributed by atoms with E-state index in [1.54, 1.807) is 19.2 Å². The van der Waals surface area contributed by atoms with Gasteiger partial charge in [-0.05, 0) is 25.5 Å². The van der Waals surface area contributed by atoms with Gasteiger partial charge in [0.1, 0.15) is 5.75 Å². The van der Waals surface area contributed by atoms with E-state index in [2.05, 4.69) is 6.92 Å². The van der Waals surface area contributed by atoms with Crippen LogP contribution in [0.2, 0.25) is 10.0 Å². The van der Waals surface area contributed by atoms with Crippen molar-refractivity contribution in [3.8, 4) is 5.75 Å². The van der Waals surface area contributed by atoms with Crippen molar-refractivity contribution in [3.05, 3.63) is 38.2 Å². The average Bonchev–Trinajstić information content (AvgIpc) is 2.46. The predicted molar refractivity (Wildman–Crippen MR) is 99.5 cm³/mol. The summed E-state index contributed by atoms with van der Waals surface area (Å²) >= 11 is 12.2. The van der Waals surface area contributed by atoms with Crippen LogP contribution in [0.1, 0.15) is 38.4 Å². The Morgan fingerprint density at radius 2 is 1.83 bits per heavy atom. The molecular formula is C16H21Cl3N2O2. The Hall–Kier alpha value is -0.940. The first kappa shape index (κ1) is 20.1. The fourth-order valence-corrected chi connectivity index (χ4v) is 2.80. The van der Waals surface area contributed by atoms with Crippen molar-refractivity contribution >= 4 is 46.4 Å². The molecule has 0 amide bonds. The summed E-state index contributed by atoms with van der Waals surface area (Å²) in [7, 11) is 1.69. The number of pyridine rings is 1. The van der Waals surface area contributed by atoms with Gasteiger partial charge in [-0.3, -0.25) is 4.79 Å². The Labute approximate surface area is 151 Å². The fraction of sp³-hybridized carbons (Fsp3) is 0.438. The molecule has 0 radical (unpaired) electrons. The molecule has 0 saturated carbocycles. The van der Waals surface area contributed by atoms with Crippen LogP contribution in [0.15, 0.2) is 16.9 Å². The Morgan fingerprint density at radius 1 is 1.26 bits per heavy atom. The smallest absolute Gasteiger partial charge is 0.258 e. The summed E-state index contributed by atoms with van der Waals surface area (Å²) in [5, 5.41) is 1.87. The van der Waals surface area contributed by atoms with E-state index in [1.165, 1.54) is 4.57 Å². The molecular weight excluding hydrogens is 359 g/mol. The van der Waals surface area contributed by atoms with Crippen molar-refractivity contribution in [1.29, 1.82) is 0 Å². The number of rotatable bonds is 5. The molecule has 1 aromatic heterocycles. The summed E-state index contributed by atoms with van der Waals surface area (Å²) in [6, 6.07) is 2.92. The molecule has 0 aliphatic heterocycles. The van der Waals surface area contributed by atoms with E-state index in [-0.39, 0.29) is 24.0 Å². The molecule has 1 atom stereocenters. The van der Waals surface area contributed by atoms with Crippen molar-refractivity contribution < 1.29 is 4.74 Å². The van der Waals surface area contributed by atoms with Gasteiger partial charge in [-0.25, -0.2) is 0 Å². The maximum Gasteiger partial charge on any atom is 0.258 e. The zero-order valence-corrected chi connectivity index (χ0v) is 15.7. The second kappa shape index (κ2) is 8.25. The van der Waals surface area contributed by atoms with E-state index in [0.717, 1.165) is 12.8 Å². The molecule has 0 spiro atoms. The van der Waals surface area contributed by atoms with Crippen molar-refractivity contribution in [2.45, 2.75) is 32.7 Å². The second-order valence-electron chi connectivity index (χ2n) is 5.38. The maximum absolute atomic E-state index is 12.5. The Bertz CT molecular complexity index is 757. The monoisotopic (exact) mass is 378 g/mol. The normalized spacial score (nSPS) is 12.1. The maximum atomic E-state index is 12.5. The van der Waals surface area contributed by atoms with E-state index >= 15 is 0 Å². The van der Waals surface area contributed by atoms with Gasteiger partial charge in [0.15, 0.2) is 0 Å². The van der Waals surface area contributed by atoms with Gasteiger partial charge < -0.3 is 15.0 Å². The van der Waals surface area contributed by atoms with Crippen molar-refractivity contribution in [3.63, 3.8) is 0 Å². The first-order valence-electron chi connectivity index (χ1n) is 7.28. The number of ether oxygens (including phenoxy) is 1. The number of aromatic nitrogens is 1. The molecule has 0 fully saturated rings. The van der Waals surface area contributed by atoms with Gasteiger partial charge in [0.2, 0.25) is 0 Å². The summed E-state index contributed by atoms with van der Waals surface area (Å²) in [6.45, 7) is 4.47. The molecule has 7 heteroatoms. The number of nitrogens with two attached hydrogens (primary N) is 1. The topological polar surface area (TPSA) is 57.2 Å². The molecule has 0 saturated heterocycles. The van der Waals surface area contributed by atoms with Crippen molar-refractivity contribution in [2.75, 3.05) is 6.61 Å². The molecule has 2 rings (SSSR count). The summed E-state index contributed by atoms with van der Waals surface area (Å²) in [5.41, 5.74) is 6.54. The van der Waals surface area contributed by atoms with E-state index in [9.17, 15) is 4.79 Å². The highest BCUT2D eigenvalue weighted by atomic mass is 35.5. The Kier molecular flexibility index (Phi) is 7.21. The SMILES string of the molecule is CCCCOc1c(C(C)N)n(C)c(=O)c2cc(Cl)c(Cl)cc12.Cl. The number of benzene rings is 1. The lowest BCUT2D eigenvalue weighted by atomic mass is 10.1. The highest BCUT2D eigenvalue weighted by Crippen LogP contribution is 2.35. The lowest BCUT2D eigenvalue weighted by Crippen LogP contribution is -2.26. The molecule has 1 heterocycles. The number of hydrogen-bond donors (Lipinski definition) is 1. The van der Waals surface area contributed by atoms with Crippen molar-refractivity contribution in [2.24, 2.45) is 12.8 Å². The van der Waals surface area contributed by atoms with Gasteiger partial charge >= 0.3 is 0 Å². The third-order valence-electron chi connectivity index (χ3n) is 3.61. The number of unbranched alkanes of at least 4 members (excludes halogenated alkanes) is 1. The van der Waals surface area contributed by atoms with Crippen LogP contribution in [0.3, 0.4) is 0 Å². The van der Waals surface area contributed by atoms with Gasteiger partial charge in [0, 0.05) is 18.5 Å². The number of halogens is 3. The van der Waals surface area contributed by atoms with Crippen LogP contribution in [0.5, 0.6) is 5.75 Å². The van der Waals surface area contributed by atoms with Crippen molar-refractivity contribution in [1.82, 2.24) is 4.57 Å². The van der Waals surface area contributed by atoms with Crippen LogP contribution >= 0.6 is 35.6 Å². The lowest BCUT2D eigenvalue weighted by molar-refractivity contribution is 0.304. The van der Waals surface area contributed by atoms with E-state index in [0.29, 0.717) is 38.9 Å².